The van der Waals surface area contributed by atoms with Crippen molar-refractivity contribution < 1.29 is 4.79 Å². The molecule has 0 saturated carbocycles. The number of benzene rings is 1. The third kappa shape index (κ3) is 5.00. The first kappa shape index (κ1) is 20.1. The summed E-state index contributed by atoms with van der Waals surface area (Å²) in [5.41, 5.74) is 4.42. The summed E-state index contributed by atoms with van der Waals surface area (Å²) in [6.45, 7) is 8.91. The molecule has 1 unspecified atom stereocenters. The second-order valence-corrected chi connectivity index (χ2v) is 7.72. The quantitative estimate of drug-likeness (QED) is 0.834. The second kappa shape index (κ2) is 9.04. The number of hydrogen-bond donors (Lipinski definition) is 1. The highest BCUT2D eigenvalue weighted by Crippen LogP contribution is 2.23. The minimum atomic E-state index is -0.0757. The van der Waals surface area contributed by atoms with Crippen LogP contribution in [0.25, 0.3) is 0 Å². The first-order chi connectivity index (χ1) is 13.5. The molecule has 1 saturated heterocycles. The fraction of sp³-hybridized carbons (Fsp3) is 0.500. The number of carbonyl (C=O) groups is 1. The highest BCUT2D eigenvalue weighted by molar-refractivity contribution is 5.76. The number of rotatable bonds is 6. The number of carbonyl (C=O) groups excluding carboxylic acids is 1. The predicted molar refractivity (Wildman–Crippen MR) is 111 cm³/mol. The van der Waals surface area contributed by atoms with Gasteiger partial charge in [-0.2, -0.15) is 5.10 Å². The molecule has 150 valence electrons. The van der Waals surface area contributed by atoms with Crippen molar-refractivity contribution >= 4 is 11.6 Å². The van der Waals surface area contributed by atoms with E-state index in [9.17, 15) is 9.59 Å². The Kier molecular flexibility index (Phi) is 6.49. The van der Waals surface area contributed by atoms with Gasteiger partial charge in [-0.3, -0.25) is 9.59 Å². The zero-order valence-electron chi connectivity index (χ0n) is 17.1. The fourth-order valence-electron chi connectivity index (χ4n) is 3.75. The zero-order chi connectivity index (χ0) is 20.1. The van der Waals surface area contributed by atoms with E-state index in [-0.39, 0.29) is 11.5 Å². The molecule has 1 fully saturated rings. The van der Waals surface area contributed by atoms with Crippen LogP contribution in [-0.2, 0) is 17.9 Å². The molecule has 2 heterocycles. The van der Waals surface area contributed by atoms with Crippen molar-refractivity contribution in [2.75, 3.05) is 18.0 Å². The third-order valence-electron chi connectivity index (χ3n) is 5.57. The Bertz CT molecular complexity index is 890. The lowest BCUT2D eigenvalue weighted by Gasteiger charge is -2.34. The molecule has 28 heavy (non-hydrogen) atoms. The first-order valence-corrected chi connectivity index (χ1v) is 10.1. The zero-order valence-corrected chi connectivity index (χ0v) is 17.1. The Balaban J connectivity index is 1.54. The van der Waals surface area contributed by atoms with Crippen molar-refractivity contribution in [3.63, 3.8) is 0 Å². The largest absolute Gasteiger partial charge is 0.370 e. The topological polar surface area (TPSA) is 67.2 Å². The highest BCUT2D eigenvalue weighted by Gasteiger charge is 2.23. The Morgan fingerprint density at radius 3 is 2.79 bits per heavy atom. The van der Waals surface area contributed by atoms with E-state index < -0.39 is 0 Å². The van der Waals surface area contributed by atoms with E-state index in [1.54, 1.807) is 12.3 Å². The normalized spacial score (nSPS) is 16.8. The van der Waals surface area contributed by atoms with Gasteiger partial charge in [0.1, 0.15) is 0 Å². The Hall–Kier alpha value is -2.63. The lowest BCUT2D eigenvalue weighted by Crippen LogP contribution is -2.38. The minimum Gasteiger partial charge on any atom is -0.370 e. The number of nitrogens with one attached hydrogen (secondary N) is 1. The van der Waals surface area contributed by atoms with Gasteiger partial charge in [0.25, 0.3) is 5.56 Å². The lowest BCUT2D eigenvalue weighted by atomic mass is 9.94. The molecule has 0 spiro atoms. The number of amides is 1. The molecule has 1 atom stereocenters. The molecule has 1 aliphatic rings. The van der Waals surface area contributed by atoms with E-state index in [0.29, 0.717) is 25.4 Å². The van der Waals surface area contributed by atoms with Crippen molar-refractivity contribution in [2.24, 2.45) is 5.92 Å². The van der Waals surface area contributed by atoms with E-state index in [0.717, 1.165) is 37.2 Å². The predicted octanol–water partition coefficient (Wildman–Crippen LogP) is 2.80. The molecule has 1 amide bonds. The van der Waals surface area contributed by atoms with E-state index in [1.807, 2.05) is 6.92 Å². The van der Waals surface area contributed by atoms with E-state index >= 15 is 0 Å². The molecular formula is C22H30N4O2. The lowest BCUT2D eigenvalue weighted by molar-refractivity contribution is -0.122. The number of aryl methyl sites for hydroxylation is 3. The van der Waals surface area contributed by atoms with Crippen LogP contribution in [-0.4, -0.2) is 28.8 Å². The smallest absolute Gasteiger partial charge is 0.268 e. The Morgan fingerprint density at radius 2 is 2.07 bits per heavy atom. The van der Waals surface area contributed by atoms with Crippen molar-refractivity contribution in [2.45, 2.75) is 53.1 Å². The van der Waals surface area contributed by atoms with E-state index in [2.05, 4.69) is 47.4 Å². The van der Waals surface area contributed by atoms with Gasteiger partial charge in [-0.25, -0.2) is 4.68 Å². The number of anilines is 1. The van der Waals surface area contributed by atoms with Crippen LogP contribution in [0.15, 0.2) is 35.3 Å². The van der Waals surface area contributed by atoms with Crippen LogP contribution < -0.4 is 15.8 Å². The molecule has 2 aromatic rings. The van der Waals surface area contributed by atoms with Crippen LogP contribution in [0.3, 0.4) is 0 Å². The van der Waals surface area contributed by atoms with Gasteiger partial charge < -0.3 is 10.2 Å². The van der Waals surface area contributed by atoms with E-state index in [4.69, 9.17) is 0 Å². The van der Waals surface area contributed by atoms with Crippen molar-refractivity contribution in [3.8, 4) is 0 Å². The summed E-state index contributed by atoms with van der Waals surface area (Å²) in [7, 11) is 0. The van der Waals surface area contributed by atoms with Crippen LogP contribution in [0, 0.1) is 19.8 Å². The van der Waals surface area contributed by atoms with Gasteiger partial charge in [0.05, 0.1) is 11.9 Å². The maximum Gasteiger partial charge on any atom is 0.268 e. The number of aromatic nitrogens is 2. The average Bonchev–Trinajstić information content (AvgIpc) is 2.69. The monoisotopic (exact) mass is 382 g/mol. The summed E-state index contributed by atoms with van der Waals surface area (Å²) >= 11 is 0. The molecular weight excluding hydrogens is 352 g/mol. The van der Waals surface area contributed by atoms with Crippen LogP contribution in [0.1, 0.15) is 42.9 Å². The molecule has 1 N–H and O–H groups in total. The third-order valence-corrected chi connectivity index (χ3v) is 5.57. The molecule has 6 nitrogen and oxygen atoms in total. The number of nitrogens with zero attached hydrogens (tertiary/aromatic N) is 3. The Morgan fingerprint density at radius 1 is 1.25 bits per heavy atom. The van der Waals surface area contributed by atoms with Gasteiger partial charge in [0.2, 0.25) is 5.91 Å². The van der Waals surface area contributed by atoms with Gasteiger partial charge in [0, 0.05) is 38.7 Å². The van der Waals surface area contributed by atoms with Gasteiger partial charge in [-0.15, -0.1) is 0 Å². The van der Waals surface area contributed by atoms with Crippen LogP contribution in [0.2, 0.25) is 0 Å². The van der Waals surface area contributed by atoms with Gasteiger partial charge >= 0.3 is 0 Å². The average molecular weight is 383 g/mol. The van der Waals surface area contributed by atoms with Crippen molar-refractivity contribution in [3.05, 3.63) is 57.5 Å². The maximum atomic E-state index is 12.4. The first-order valence-electron chi connectivity index (χ1n) is 10.1. The van der Waals surface area contributed by atoms with E-state index in [1.165, 1.54) is 15.8 Å². The molecule has 1 aromatic carbocycles. The molecule has 0 radical (unpaired) electrons. The van der Waals surface area contributed by atoms with Gasteiger partial charge in [0.15, 0.2) is 0 Å². The molecule has 1 aromatic heterocycles. The highest BCUT2D eigenvalue weighted by atomic mass is 16.1. The molecule has 0 aliphatic carbocycles. The number of piperidine rings is 1. The fourth-order valence-corrected chi connectivity index (χ4v) is 3.75. The summed E-state index contributed by atoms with van der Waals surface area (Å²) in [5, 5.41) is 7.27. The number of hydrogen-bond acceptors (Lipinski definition) is 4. The van der Waals surface area contributed by atoms with Crippen molar-refractivity contribution in [1.29, 1.82) is 0 Å². The molecule has 1 aliphatic heterocycles. The molecule has 0 bridgehead atoms. The minimum absolute atomic E-state index is 0.0757. The molecule has 3 rings (SSSR count). The maximum absolute atomic E-state index is 12.4. The Labute approximate surface area is 166 Å². The second-order valence-electron chi connectivity index (χ2n) is 7.72. The standard InChI is InChI=1S/C22H30N4O2/c1-4-26-22(28)12-20(14-24-26)25-9-5-6-19(15-25)11-21(27)23-13-18-8-7-16(2)17(3)10-18/h7-8,10,12,14,19H,4-6,9,11,13,15H2,1-3H3,(H,23,27). The van der Waals surface area contributed by atoms with Gasteiger partial charge in [-0.05, 0) is 56.2 Å². The summed E-state index contributed by atoms with van der Waals surface area (Å²) < 4.78 is 1.45. The molecule has 6 heteroatoms. The van der Waals surface area contributed by atoms with Gasteiger partial charge in [-0.1, -0.05) is 18.2 Å². The van der Waals surface area contributed by atoms with Crippen LogP contribution >= 0.6 is 0 Å². The van der Waals surface area contributed by atoms with Crippen LogP contribution in [0.4, 0.5) is 5.69 Å². The summed E-state index contributed by atoms with van der Waals surface area (Å²) in [5.74, 6) is 0.381. The summed E-state index contributed by atoms with van der Waals surface area (Å²) in [4.78, 5) is 26.6. The van der Waals surface area contributed by atoms with Crippen LogP contribution in [0.5, 0.6) is 0 Å². The summed E-state index contributed by atoms with van der Waals surface area (Å²) in [6, 6.07) is 7.94. The summed E-state index contributed by atoms with van der Waals surface area (Å²) in [6.07, 6.45) is 4.33. The SMILES string of the molecule is CCn1ncc(N2CCCC(CC(=O)NCc3ccc(C)c(C)c3)C2)cc1=O. The van der Waals surface area contributed by atoms with Crippen molar-refractivity contribution in [1.82, 2.24) is 15.1 Å².